The fourth-order valence-electron chi connectivity index (χ4n) is 10.7. The summed E-state index contributed by atoms with van der Waals surface area (Å²) in [6.07, 6.45) is 75.5. The number of unbranched alkanes of at least 4 members (excludes halogenated alkanes) is 37. The second-order valence-electron chi connectivity index (χ2n) is 26.7. The molecule has 0 heterocycles. The summed E-state index contributed by atoms with van der Waals surface area (Å²) in [5.74, 6) is -2.21. The summed E-state index contributed by atoms with van der Waals surface area (Å²) < 4.78 is 68.6. The van der Waals surface area contributed by atoms with Crippen LogP contribution in [0.4, 0.5) is 0 Å². The molecule has 17 nitrogen and oxygen atoms in total. The number of aliphatic hydroxyl groups is 1. The van der Waals surface area contributed by atoms with E-state index in [4.69, 9.17) is 37.0 Å². The van der Waals surface area contributed by atoms with E-state index in [9.17, 15) is 43.2 Å². The number of carbonyl (C=O) groups is 4. The van der Waals surface area contributed by atoms with Crippen molar-refractivity contribution >= 4 is 39.5 Å². The number of phosphoric acid groups is 2. The molecular formula is C81H144O17P2. The molecule has 0 aromatic carbocycles. The normalized spacial score (nSPS) is 14.3. The second-order valence-corrected chi connectivity index (χ2v) is 29.6. The van der Waals surface area contributed by atoms with Gasteiger partial charge in [-0.1, -0.05) is 273 Å². The lowest BCUT2D eigenvalue weighted by Crippen LogP contribution is -2.30. The van der Waals surface area contributed by atoms with Crippen LogP contribution in [0.15, 0.2) is 85.1 Å². The molecule has 0 amide bonds. The number of hydrogen-bond donors (Lipinski definition) is 3. The molecule has 0 saturated heterocycles. The van der Waals surface area contributed by atoms with Gasteiger partial charge in [0.15, 0.2) is 12.2 Å². The molecule has 0 aliphatic heterocycles. The molecule has 0 radical (unpaired) electrons. The highest BCUT2D eigenvalue weighted by atomic mass is 31.2. The first-order valence-corrected chi connectivity index (χ1v) is 42.9. The van der Waals surface area contributed by atoms with E-state index in [1.807, 2.05) is 0 Å². The first kappa shape index (κ1) is 96.2. The Morgan fingerprint density at radius 3 is 0.840 bits per heavy atom. The minimum Gasteiger partial charge on any atom is -0.462 e. The molecule has 5 atom stereocenters. The van der Waals surface area contributed by atoms with Gasteiger partial charge in [-0.15, -0.1) is 0 Å². The number of hydrogen-bond acceptors (Lipinski definition) is 15. The first-order chi connectivity index (χ1) is 48.7. The van der Waals surface area contributed by atoms with Gasteiger partial charge in [0.05, 0.1) is 26.4 Å². The van der Waals surface area contributed by atoms with Gasteiger partial charge < -0.3 is 33.8 Å². The number of phosphoric ester groups is 2. The topological polar surface area (TPSA) is 237 Å². The molecule has 0 bridgehead atoms. The van der Waals surface area contributed by atoms with Crippen molar-refractivity contribution in [2.24, 2.45) is 0 Å². The van der Waals surface area contributed by atoms with Gasteiger partial charge in [-0.2, -0.15) is 0 Å². The van der Waals surface area contributed by atoms with Gasteiger partial charge in [-0.3, -0.25) is 37.3 Å². The molecule has 0 fully saturated rings. The Labute approximate surface area is 608 Å². The number of esters is 4. The zero-order valence-electron chi connectivity index (χ0n) is 63.4. The van der Waals surface area contributed by atoms with E-state index < -0.39 is 97.5 Å². The van der Waals surface area contributed by atoms with Gasteiger partial charge in [0.1, 0.15) is 19.3 Å². The first-order valence-electron chi connectivity index (χ1n) is 39.9. The van der Waals surface area contributed by atoms with Gasteiger partial charge >= 0.3 is 39.5 Å². The molecule has 0 spiro atoms. The van der Waals surface area contributed by atoms with Crippen LogP contribution < -0.4 is 0 Å². The van der Waals surface area contributed by atoms with Crippen LogP contribution >= 0.6 is 15.6 Å². The third-order valence-corrected chi connectivity index (χ3v) is 18.8. The van der Waals surface area contributed by atoms with Crippen LogP contribution in [0, 0.1) is 0 Å². The van der Waals surface area contributed by atoms with E-state index in [0.717, 1.165) is 161 Å². The molecular weight excluding hydrogens is 1310 g/mol. The quantitative estimate of drug-likeness (QED) is 0.0128. The average Bonchev–Trinajstić information content (AvgIpc) is 1.01. The van der Waals surface area contributed by atoms with Crippen molar-refractivity contribution in [3.8, 4) is 0 Å². The van der Waals surface area contributed by atoms with Gasteiger partial charge in [-0.25, -0.2) is 9.13 Å². The van der Waals surface area contributed by atoms with Crippen LogP contribution in [0.3, 0.4) is 0 Å². The van der Waals surface area contributed by atoms with Gasteiger partial charge in [0.2, 0.25) is 0 Å². The SMILES string of the molecule is CCCCC/C=C\C/C=C\CCCCCCCC(=O)OC[C@H](COP(=O)(O)OC[C@@H](O)COP(=O)(O)OC[C@@H](COC(=O)CCCCCCC/C=C\CCCCCCCC)OC(=O)CCCCCCC/C=C\C=C/CCCCCC)OC(=O)CCCCCCC/C=C\C=C/CCCCCC. The predicted molar refractivity (Wildman–Crippen MR) is 409 cm³/mol. The minimum atomic E-state index is -4.98. The lowest BCUT2D eigenvalue weighted by atomic mass is 10.1. The summed E-state index contributed by atoms with van der Waals surface area (Å²) in [5, 5.41) is 10.6. The van der Waals surface area contributed by atoms with E-state index in [1.54, 1.807) is 0 Å². The molecule has 0 aliphatic rings. The van der Waals surface area contributed by atoms with Crippen molar-refractivity contribution in [3.05, 3.63) is 85.1 Å². The van der Waals surface area contributed by atoms with Crippen molar-refractivity contribution in [2.75, 3.05) is 39.6 Å². The monoisotopic (exact) mass is 1450 g/mol. The molecule has 580 valence electrons. The van der Waals surface area contributed by atoms with Crippen LogP contribution in [0.25, 0.3) is 0 Å². The number of aliphatic hydroxyl groups excluding tert-OH is 1. The number of ether oxygens (including phenoxy) is 4. The van der Waals surface area contributed by atoms with Crippen molar-refractivity contribution in [1.82, 2.24) is 0 Å². The Bertz CT molecular complexity index is 2230. The number of rotatable bonds is 75. The van der Waals surface area contributed by atoms with E-state index in [2.05, 4.69) is 113 Å². The van der Waals surface area contributed by atoms with Crippen LogP contribution in [-0.2, 0) is 65.4 Å². The molecule has 0 aromatic heterocycles. The Hall–Kier alpha value is -3.76. The molecule has 0 rings (SSSR count). The Morgan fingerprint density at radius 2 is 0.520 bits per heavy atom. The summed E-state index contributed by atoms with van der Waals surface area (Å²) in [4.78, 5) is 73.0. The van der Waals surface area contributed by atoms with Crippen LogP contribution in [0.5, 0.6) is 0 Å². The van der Waals surface area contributed by atoms with Crippen LogP contribution in [0.1, 0.15) is 349 Å². The van der Waals surface area contributed by atoms with Crippen molar-refractivity contribution < 1.29 is 80.2 Å². The summed E-state index contributed by atoms with van der Waals surface area (Å²) in [6.45, 7) is 4.78. The van der Waals surface area contributed by atoms with E-state index in [-0.39, 0.29) is 25.7 Å². The molecule has 0 aromatic rings. The third-order valence-electron chi connectivity index (χ3n) is 16.9. The highest BCUT2D eigenvalue weighted by Gasteiger charge is 2.30. The maximum atomic E-state index is 13.1. The highest BCUT2D eigenvalue weighted by Crippen LogP contribution is 2.45. The summed E-state index contributed by atoms with van der Waals surface area (Å²) in [5.41, 5.74) is 0. The highest BCUT2D eigenvalue weighted by molar-refractivity contribution is 7.47. The predicted octanol–water partition coefficient (Wildman–Crippen LogP) is 23.0. The van der Waals surface area contributed by atoms with Gasteiger partial charge in [0.25, 0.3) is 0 Å². The maximum absolute atomic E-state index is 13.1. The standard InChI is InChI=1S/C81H144O17P2/c1-5-9-13-17-21-25-29-33-37-41-45-49-53-57-61-65-78(83)91-71-76(97-80(85)67-63-59-55-51-47-43-39-35-31-27-23-19-15-11-7-3)73-95-99(87,88)93-69-75(82)70-94-100(89,90)96-74-77(98-81(86)68-64-60-56-52-48-44-40-36-32-28-24-20-16-12-8-4)72-92-79(84)66-62-58-54-50-46-42-38-34-30-26-22-18-14-10-6-2/h21,25,27-28,31-40,75-77,82H,5-20,22-24,26,29-30,41-74H2,1-4H3,(H,87,88)(H,89,90)/b25-21-,31-27-,32-28-,37-33-,38-34-,39-35-,40-36-/t75-,76-,77-/m1/s1. The molecule has 0 aliphatic carbocycles. The molecule has 0 saturated carbocycles. The molecule has 3 N–H and O–H groups in total. The van der Waals surface area contributed by atoms with Crippen molar-refractivity contribution in [3.63, 3.8) is 0 Å². The zero-order valence-corrected chi connectivity index (χ0v) is 65.2. The number of carbonyl (C=O) groups excluding carboxylic acids is 4. The fourth-order valence-corrected chi connectivity index (χ4v) is 12.3. The minimum absolute atomic E-state index is 0.0751. The van der Waals surface area contributed by atoms with Crippen LogP contribution in [-0.4, -0.2) is 96.7 Å². The summed E-state index contributed by atoms with van der Waals surface area (Å²) in [6, 6.07) is 0. The lowest BCUT2D eigenvalue weighted by molar-refractivity contribution is -0.161. The van der Waals surface area contributed by atoms with Crippen molar-refractivity contribution in [1.29, 1.82) is 0 Å². The Kier molecular flexibility index (Phi) is 70.8. The van der Waals surface area contributed by atoms with E-state index in [0.29, 0.717) is 25.7 Å². The molecule has 100 heavy (non-hydrogen) atoms. The van der Waals surface area contributed by atoms with Gasteiger partial charge in [-0.05, 0) is 135 Å². The summed E-state index contributed by atoms with van der Waals surface area (Å²) >= 11 is 0. The molecule has 2 unspecified atom stereocenters. The number of allylic oxidation sites excluding steroid dienone is 14. The largest absolute Gasteiger partial charge is 0.472 e. The van der Waals surface area contributed by atoms with Crippen LogP contribution in [0.2, 0.25) is 0 Å². The smallest absolute Gasteiger partial charge is 0.462 e. The van der Waals surface area contributed by atoms with E-state index in [1.165, 1.54) is 109 Å². The zero-order chi connectivity index (χ0) is 73.2. The fraction of sp³-hybridized carbons (Fsp3) is 0.778. The second kappa shape index (κ2) is 73.5. The Balaban J connectivity index is 5.39. The average molecular weight is 1450 g/mol. The third kappa shape index (κ3) is 72.6. The van der Waals surface area contributed by atoms with Gasteiger partial charge in [0, 0.05) is 25.7 Å². The van der Waals surface area contributed by atoms with E-state index >= 15 is 0 Å². The lowest BCUT2D eigenvalue weighted by Gasteiger charge is -2.21. The summed E-state index contributed by atoms with van der Waals surface area (Å²) in [7, 11) is -9.96. The maximum Gasteiger partial charge on any atom is 0.472 e. The molecule has 19 heteroatoms. The van der Waals surface area contributed by atoms with Crippen molar-refractivity contribution in [2.45, 2.75) is 367 Å². The Morgan fingerprint density at radius 1 is 0.290 bits per heavy atom.